The zero-order chi connectivity index (χ0) is 13.5. The third-order valence-electron chi connectivity index (χ3n) is 2.92. The molecule has 1 aromatic rings. The number of nitrogens with one attached hydrogen (secondary N) is 1. The highest BCUT2D eigenvalue weighted by Crippen LogP contribution is 2.23. The van der Waals surface area contributed by atoms with Crippen molar-refractivity contribution < 1.29 is 0 Å². The van der Waals surface area contributed by atoms with E-state index in [4.69, 9.17) is 11.6 Å². The molecule has 0 aliphatic heterocycles. The summed E-state index contributed by atoms with van der Waals surface area (Å²) in [5.41, 5.74) is 2.50. The van der Waals surface area contributed by atoms with Gasteiger partial charge >= 0.3 is 0 Å². The predicted octanol–water partition coefficient (Wildman–Crippen LogP) is 2.45. The first-order valence-corrected chi connectivity index (χ1v) is 6.71. The van der Waals surface area contributed by atoms with E-state index in [9.17, 15) is 0 Å². The van der Waals surface area contributed by atoms with Crippen LogP contribution in [0.15, 0.2) is 18.2 Å². The summed E-state index contributed by atoms with van der Waals surface area (Å²) >= 11 is 6.05. The number of hydrogen-bond donors (Lipinski definition) is 1. The maximum Gasteiger partial charge on any atom is 0.0410 e. The number of halogens is 1. The van der Waals surface area contributed by atoms with Crippen molar-refractivity contribution in [1.29, 1.82) is 0 Å². The average Bonchev–Trinajstić information content (AvgIpc) is 2.29. The number of rotatable bonds is 7. The van der Waals surface area contributed by atoms with Gasteiger partial charge in [-0.15, -0.1) is 0 Å². The van der Waals surface area contributed by atoms with Gasteiger partial charge in [0.05, 0.1) is 0 Å². The van der Waals surface area contributed by atoms with Crippen molar-refractivity contribution in [2.75, 3.05) is 46.2 Å². The van der Waals surface area contributed by atoms with Crippen molar-refractivity contribution in [3.63, 3.8) is 0 Å². The maximum atomic E-state index is 6.05. The molecular formula is C14H24ClN3. The molecule has 1 N–H and O–H groups in total. The molecule has 3 nitrogen and oxygen atoms in total. The molecular weight excluding hydrogens is 246 g/mol. The molecule has 0 fully saturated rings. The van der Waals surface area contributed by atoms with E-state index in [1.54, 1.807) is 0 Å². The van der Waals surface area contributed by atoms with Crippen LogP contribution in [0.25, 0.3) is 0 Å². The zero-order valence-corrected chi connectivity index (χ0v) is 12.6. The summed E-state index contributed by atoms with van der Waals surface area (Å²) < 4.78 is 0. The zero-order valence-electron chi connectivity index (χ0n) is 11.8. The lowest BCUT2D eigenvalue weighted by atomic mass is 10.1. The molecule has 0 bridgehead atoms. The second-order valence-electron chi connectivity index (χ2n) is 4.88. The Kier molecular flexibility index (Phi) is 6.47. The highest BCUT2D eigenvalue weighted by Gasteiger charge is 2.07. The van der Waals surface area contributed by atoms with E-state index in [-0.39, 0.29) is 0 Å². The van der Waals surface area contributed by atoms with E-state index in [0.717, 1.165) is 31.1 Å². The summed E-state index contributed by atoms with van der Waals surface area (Å²) in [7, 11) is 8.30. The fourth-order valence-corrected chi connectivity index (χ4v) is 2.20. The smallest absolute Gasteiger partial charge is 0.0410 e. The summed E-state index contributed by atoms with van der Waals surface area (Å²) in [6.45, 7) is 3.00. The molecule has 0 atom stereocenters. The van der Waals surface area contributed by atoms with Crippen LogP contribution in [0, 0.1) is 0 Å². The van der Waals surface area contributed by atoms with Gasteiger partial charge in [-0.3, -0.25) is 0 Å². The summed E-state index contributed by atoms with van der Waals surface area (Å²) in [6.07, 6.45) is 1.16. The van der Waals surface area contributed by atoms with Crippen LogP contribution in [-0.4, -0.2) is 46.2 Å². The van der Waals surface area contributed by atoms with E-state index in [0.29, 0.717) is 0 Å². The van der Waals surface area contributed by atoms with Crippen molar-refractivity contribution in [3.05, 3.63) is 28.8 Å². The molecule has 0 amide bonds. The summed E-state index contributed by atoms with van der Waals surface area (Å²) in [5, 5.41) is 3.98. The lowest BCUT2D eigenvalue weighted by Gasteiger charge is -2.23. The first-order chi connectivity index (χ1) is 8.54. The molecule has 0 aliphatic rings. The molecule has 0 aromatic heterocycles. The maximum absolute atomic E-state index is 6.05. The molecule has 1 aromatic carbocycles. The van der Waals surface area contributed by atoms with Gasteiger partial charge in [-0.25, -0.2) is 0 Å². The Morgan fingerprint density at radius 2 is 1.89 bits per heavy atom. The van der Waals surface area contributed by atoms with Gasteiger partial charge in [0.2, 0.25) is 0 Å². The molecule has 102 valence electrons. The van der Waals surface area contributed by atoms with E-state index in [1.807, 2.05) is 19.2 Å². The van der Waals surface area contributed by atoms with Gasteiger partial charge in [-0.05, 0) is 57.9 Å². The van der Waals surface area contributed by atoms with E-state index < -0.39 is 0 Å². The summed E-state index contributed by atoms with van der Waals surface area (Å²) in [5.74, 6) is 0. The van der Waals surface area contributed by atoms with Crippen molar-refractivity contribution in [1.82, 2.24) is 10.2 Å². The first kappa shape index (κ1) is 15.3. The molecule has 0 aliphatic carbocycles. The fourth-order valence-electron chi connectivity index (χ4n) is 2.00. The SMILES string of the molecule is CNCc1cc(Cl)ccc1N(C)CCCN(C)C. The van der Waals surface area contributed by atoms with Crippen LogP contribution in [0.3, 0.4) is 0 Å². The van der Waals surface area contributed by atoms with Gasteiger partial charge in [0.25, 0.3) is 0 Å². The number of hydrogen-bond acceptors (Lipinski definition) is 3. The van der Waals surface area contributed by atoms with Crippen molar-refractivity contribution in [3.8, 4) is 0 Å². The molecule has 0 heterocycles. The summed E-state index contributed by atoms with van der Waals surface area (Å²) in [4.78, 5) is 4.51. The van der Waals surface area contributed by atoms with Crippen LogP contribution < -0.4 is 10.2 Å². The Labute approximate surface area is 116 Å². The number of nitrogens with zero attached hydrogens (tertiary/aromatic N) is 2. The summed E-state index contributed by atoms with van der Waals surface area (Å²) in [6, 6.07) is 6.10. The second kappa shape index (κ2) is 7.62. The Hall–Kier alpha value is -0.770. The third kappa shape index (κ3) is 4.84. The lowest BCUT2D eigenvalue weighted by Crippen LogP contribution is -2.24. The van der Waals surface area contributed by atoms with Crippen molar-refractivity contribution >= 4 is 17.3 Å². The second-order valence-corrected chi connectivity index (χ2v) is 5.32. The fraction of sp³-hybridized carbons (Fsp3) is 0.571. The van der Waals surface area contributed by atoms with Gasteiger partial charge in [0, 0.05) is 30.8 Å². The average molecular weight is 270 g/mol. The Morgan fingerprint density at radius 3 is 2.50 bits per heavy atom. The topological polar surface area (TPSA) is 18.5 Å². The van der Waals surface area contributed by atoms with Gasteiger partial charge < -0.3 is 15.1 Å². The monoisotopic (exact) mass is 269 g/mol. The lowest BCUT2D eigenvalue weighted by molar-refractivity contribution is 0.401. The molecule has 0 unspecified atom stereocenters. The number of benzene rings is 1. The van der Waals surface area contributed by atoms with Crippen LogP contribution in [0.5, 0.6) is 0 Å². The van der Waals surface area contributed by atoms with Gasteiger partial charge in [-0.1, -0.05) is 11.6 Å². The highest BCUT2D eigenvalue weighted by atomic mass is 35.5. The highest BCUT2D eigenvalue weighted by molar-refractivity contribution is 6.30. The Bertz CT molecular complexity index is 366. The normalized spacial score (nSPS) is 11.0. The van der Waals surface area contributed by atoms with Gasteiger partial charge in [0.1, 0.15) is 0 Å². The minimum absolute atomic E-state index is 0.797. The quantitative estimate of drug-likeness (QED) is 0.820. The van der Waals surface area contributed by atoms with Crippen molar-refractivity contribution in [2.45, 2.75) is 13.0 Å². The standard InChI is InChI=1S/C14H24ClN3/c1-16-11-12-10-13(15)6-7-14(12)18(4)9-5-8-17(2)3/h6-7,10,16H,5,8-9,11H2,1-4H3. The van der Waals surface area contributed by atoms with Crippen LogP contribution in [0.1, 0.15) is 12.0 Å². The van der Waals surface area contributed by atoms with Gasteiger partial charge in [0.15, 0.2) is 0 Å². The molecule has 0 saturated carbocycles. The molecule has 4 heteroatoms. The van der Waals surface area contributed by atoms with Gasteiger partial charge in [-0.2, -0.15) is 0 Å². The first-order valence-electron chi connectivity index (χ1n) is 6.33. The van der Waals surface area contributed by atoms with Crippen molar-refractivity contribution in [2.24, 2.45) is 0 Å². The van der Waals surface area contributed by atoms with E-state index >= 15 is 0 Å². The van der Waals surface area contributed by atoms with Crippen LogP contribution >= 0.6 is 11.6 Å². The largest absolute Gasteiger partial charge is 0.374 e. The third-order valence-corrected chi connectivity index (χ3v) is 3.15. The predicted molar refractivity (Wildman–Crippen MR) is 80.7 cm³/mol. The minimum Gasteiger partial charge on any atom is -0.374 e. The molecule has 18 heavy (non-hydrogen) atoms. The van der Waals surface area contributed by atoms with E-state index in [2.05, 4.69) is 42.3 Å². The Morgan fingerprint density at radius 1 is 1.17 bits per heavy atom. The van der Waals surface area contributed by atoms with E-state index in [1.165, 1.54) is 11.3 Å². The van der Waals surface area contributed by atoms with Crippen LogP contribution in [0.4, 0.5) is 5.69 Å². The van der Waals surface area contributed by atoms with Crippen LogP contribution in [0.2, 0.25) is 5.02 Å². The molecule has 1 rings (SSSR count). The number of anilines is 1. The molecule has 0 spiro atoms. The molecule has 0 saturated heterocycles. The minimum atomic E-state index is 0.797. The Balaban J connectivity index is 2.68. The molecule has 0 radical (unpaired) electrons. The van der Waals surface area contributed by atoms with Crippen LogP contribution in [-0.2, 0) is 6.54 Å².